The molecule has 0 amide bonds. The molecule has 0 fully saturated rings. The van der Waals surface area contributed by atoms with Crippen molar-refractivity contribution >= 4 is 77.9 Å². The van der Waals surface area contributed by atoms with Crippen molar-refractivity contribution in [2.75, 3.05) is 5.73 Å². The van der Waals surface area contributed by atoms with Gasteiger partial charge in [-0.05, 0) is 149 Å². The quantitative estimate of drug-likeness (QED) is 0.0945. The number of aromatic nitrogens is 6. The highest BCUT2D eigenvalue weighted by molar-refractivity contribution is 9.08. The van der Waals surface area contributed by atoms with E-state index in [1.54, 1.807) is 4.57 Å². The minimum absolute atomic E-state index is 0.230. The van der Waals surface area contributed by atoms with Crippen molar-refractivity contribution in [3.8, 4) is 0 Å². The Hall–Kier alpha value is -7.67. The summed E-state index contributed by atoms with van der Waals surface area (Å²) in [7, 11) is 0. The van der Waals surface area contributed by atoms with Gasteiger partial charge in [0, 0.05) is 24.0 Å². The van der Waals surface area contributed by atoms with Crippen LogP contribution in [0, 0.1) is 58.2 Å². The average molecular weight is 1140 g/mol. The number of hydrogen-bond donors (Lipinski definition) is 2. The van der Waals surface area contributed by atoms with E-state index in [-0.39, 0.29) is 18.7 Å². The van der Waals surface area contributed by atoms with Crippen molar-refractivity contribution in [1.29, 1.82) is 0 Å². The molecule has 384 valence electrons. The van der Waals surface area contributed by atoms with Crippen molar-refractivity contribution in [2.24, 2.45) is 0 Å². The predicted molar refractivity (Wildman–Crippen MR) is 275 cm³/mol. The third-order valence-electron chi connectivity index (χ3n) is 10.8. The van der Waals surface area contributed by atoms with E-state index < -0.39 is 58.2 Å². The van der Waals surface area contributed by atoms with E-state index >= 15 is 0 Å². The fourth-order valence-electron chi connectivity index (χ4n) is 7.16. The molecule has 0 bridgehead atoms. The summed E-state index contributed by atoms with van der Waals surface area (Å²) in [5, 5.41) is 1.32. The number of hydrogen-bond acceptors (Lipinski definition) is 4. The van der Waals surface area contributed by atoms with E-state index in [1.165, 1.54) is 42.5 Å². The maximum Gasteiger partial charge on any atom is 0.204 e. The Morgan fingerprint density at radius 2 is 0.840 bits per heavy atom. The van der Waals surface area contributed by atoms with Crippen LogP contribution in [0.15, 0.2) is 164 Å². The minimum atomic E-state index is -0.921. The van der Waals surface area contributed by atoms with E-state index in [9.17, 15) is 43.9 Å². The second kappa shape index (κ2) is 25.5. The van der Waals surface area contributed by atoms with Crippen LogP contribution < -0.4 is 5.73 Å². The summed E-state index contributed by atoms with van der Waals surface area (Å²) in [6.45, 7) is 0.618. The number of nitrogens with two attached hydrogens (primary N) is 1. The molecule has 0 saturated carbocycles. The van der Waals surface area contributed by atoms with Crippen LogP contribution in [0.3, 0.4) is 0 Å². The number of aromatic amines is 1. The molecule has 3 heterocycles. The Kier molecular flexibility index (Phi) is 18.7. The maximum atomic E-state index is 13.6. The summed E-state index contributed by atoms with van der Waals surface area (Å²) in [4.78, 5) is 15.7. The summed E-state index contributed by atoms with van der Waals surface area (Å²) < 4.78 is 132. The van der Waals surface area contributed by atoms with Crippen molar-refractivity contribution < 1.29 is 43.9 Å². The SMILES string of the molecule is Clc1nc2ccccc2[nH]1.Fc1ccc(CBr)cc1F.Fc1ccc(Cc2nc3ccccc3n2Cc2ccc(F)c(F)c2)cc1F.Fc1ccc(Cn2c(Cl)nc3ccccc32)cc1F.Nc1ccc(F)c(F)c1. The molecule has 0 aliphatic carbocycles. The van der Waals surface area contributed by atoms with Gasteiger partial charge in [0.05, 0.1) is 39.6 Å². The number of imidazole rings is 3. The highest BCUT2D eigenvalue weighted by Gasteiger charge is 2.15. The van der Waals surface area contributed by atoms with Crippen molar-refractivity contribution in [3.05, 3.63) is 261 Å². The lowest BCUT2D eigenvalue weighted by atomic mass is 10.1. The third-order valence-corrected chi connectivity index (χ3v) is 11.9. The molecule has 0 saturated heterocycles. The molecule has 11 aromatic rings. The summed E-state index contributed by atoms with van der Waals surface area (Å²) in [6, 6.07) is 40.9. The molecule has 20 heteroatoms. The van der Waals surface area contributed by atoms with Crippen LogP contribution in [-0.2, 0) is 24.8 Å². The number of nitrogens with zero attached hydrogens (tertiary/aromatic N) is 5. The van der Waals surface area contributed by atoms with E-state index in [2.05, 4.69) is 35.9 Å². The van der Waals surface area contributed by atoms with Gasteiger partial charge in [0.2, 0.25) is 10.6 Å². The zero-order chi connectivity index (χ0) is 53.8. The summed E-state index contributed by atoms with van der Waals surface area (Å²) in [5.74, 6) is -8.13. The number of halogens is 13. The molecule has 3 aromatic heterocycles. The minimum Gasteiger partial charge on any atom is -0.399 e. The van der Waals surface area contributed by atoms with E-state index in [0.717, 1.165) is 87.2 Å². The molecule has 0 radical (unpaired) electrons. The van der Waals surface area contributed by atoms with Crippen LogP contribution in [0.1, 0.15) is 28.1 Å². The number of H-pyrrole nitrogens is 1. The molecular formula is C55H38BrCl2F10N7. The van der Waals surface area contributed by atoms with Gasteiger partial charge in [-0.1, -0.05) is 76.6 Å². The molecular weight excluding hydrogens is 1100 g/mol. The lowest BCUT2D eigenvalue weighted by Crippen LogP contribution is -2.07. The monoisotopic (exact) mass is 1140 g/mol. The van der Waals surface area contributed by atoms with Crippen LogP contribution in [-0.4, -0.2) is 29.1 Å². The Balaban J connectivity index is 0.000000148. The first kappa shape index (κ1) is 55.1. The Morgan fingerprint density at radius 3 is 1.35 bits per heavy atom. The van der Waals surface area contributed by atoms with Gasteiger partial charge in [0.15, 0.2) is 58.2 Å². The topological polar surface area (TPSA) is 90.3 Å². The summed E-state index contributed by atoms with van der Waals surface area (Å²) >= 11 is 14.8. The lowest BCUT2D eigenvalue weighted by Gasteiger charge is -2.10. The number of alkyl halides is 1. The van der Waals surface area contributed by atoms with Gasteiger partial charge < -0.3 is 19.9 Å². The standard InChI is InChI=1S/C21H14F4N2.C14H9ClF2N2.C7H5BrF2.C7H5ClN2.C6H5F2N/c22-15-7-5-13(9-17(15)24)11-21-26-19-3-1-2-4-20(19)27(21)12-14-6-8-16(23)18(25)10-14;15-14-18-12-3-1-2-4-13(12)19(14)8-9-5-6-10(16)11(17)7-9;8-4-5-1-2-6(9)7(10)3-5;8-7-9-5-3-1-2-4-6(5)10-7;7-5-2-1-4(9)3-6(5)8/h1-10H,11-12H2;1-7H,8H2;1-3H,4H2;1-4H,(H,9,10);1-3H,9H2. The van der Waals surface area contributed by atoms with Gasteiger partial charge >= 0.3 is 0 Å². The predicted octanol–water partition coefficient (Wildman–Crippen LogP) is 15.9. The molecule has 8 aromatic carbocycles. The number of anilines is 1. The van der Waals surface area contributed by atoms with Crippen molar-refractivity contribution in [2.45, 2.75) is 24.8 Å². The number of nitrogens with one attached hydrogen (secondary N) is 1. The average Bonchev–Trinajstić information content (AvgIpc) is 4.06. The van der Waals surface area contributed by atoms with E-state index in [1.807, 2.05) is 77.4 Å². The molecule has 0 spiro atoms. The fraction of sp³-hybridized carbons (Fsp3) is 0.0727. The molecule has 7 nitrogen and oxygen atoms in total. The zero-order valence-corrected chi connectivity index (χ0v) is 41.7. The van der Waals surface area contributed by atoms with Crippen LogP contribution in [0.5, 0.6) is 0 Å². The first-order chi connectivity index (χ1) is 36.0. The normalized spacial score (nSPS) is 10.7. The molecule has 3 N–H and O–H groups in total. The highest BCUT2D eigenvalue weighted by atomic mass is 79.9. The number of benzene rings is 8. The summed E-state index contributed by atoms with van der Waals surface area (Å²) in [5.41, 5.74) is 12.9. The first-order valence-corrected chi connectivity index (χ1v) is 24.0. The van der Waals surface area contributed by atoms with Crippen LogP contribution in [0.2, 0.25) is 10.6 Å². The lowest BCUT2D eigenvalue weighted by molar-refractivity contribution is 0.506. The van der Waals surface area contributed by atoms with Gasteiger partial charge in [0.1, 0.15) is 5.82 Å². The van der Waals surface area contributed by atoms with Gasteiger partial charge in [-0.3, -0.25) is 0 Å². The smallest absolute Gasteiger partial charge is 0.204 e. The second-order valence-corrected chi connectivity index (χ2v) is 17.3. The Morgan fingerprint density at radius 1 is 0.427 bits per heavy atom. The number of nitrogen functional groups attached to an aromatic ring is 1. The second-order valence-electron chi connectivity index (χ2n) is 16.1. The molecule has 0 aliphatic rings. The van der Waals surface area contributed by atoms with Crippen LogP contribution in [0.25, 0.3) is 33.1 Å². The molecule has 0 aliphatic heterocycles. The maximum absolute atomic E-state index is 13.6. The Bertz CT molecular complexity index is 3700. The number of rotatable bonds is 7. The van der Waals surface area contributed by atoms with E-state index in [4.69, 9.17) is 28.9 Å². The molecule has 11 rings (SSSR count). The summed E-state index contributed by atoms with van der Waals surface area (Å²) in [6.07, 6.45) is 0.273. The highest BCUT2D eigenvalue weighted by Crippen LogP contribution is 2.24. The van der Waals surface area contributed by atoms with Gasteiger partial charge in [-0.2, -0.15) is 0 Å². The zero-order valence-electron chi connectivity index (χ0n) is 38.6. The van der Waals surface area contributed by atoms with Gasteiger partial charge in [-0.25, -0.2) is 58.9 Å². The fourth-order valence-corrected chi connectivity index (χ4v) is 7.95. The number of fused-ring (bicyclic) bond motifs is 3. The van der Waals surface area contributed by atoms with Gasteiger partial charge in [-0.15, -0.1) is 0 Å². The molecule has 75 heavy (non-hydrogen) atoms. The number of para-hydroxylation sites is 6. The molecule has 0 unspecified atom stereocenters. The van der Waals surface area contributed by atoms with Crippen LogP contribution in [0.4, 0.5) is 49.6 Å². The molecule has 0 atom stereocenters. The Labute approximate surface area is 440 Å². The van der Waals surface area contributed by atoms with Crippen molar-refractivity contribution in [3.63, 3.8) is 0 Å². The van der Waals surface area contributed by atoms with E-state index in [0.29, 0.717) is 45.0 Å². The van der Waals surface area contributed by atoms with Crippen molar-refractivity contribution in [1.82, 2.24) is 29.1 Å². The van der Waals surface area contributed by atoms with Gasteiger partial charge in [0.25, 0.3) is 0 Å². The van der Waals surface area contributed by atoms with Crippen LogP contribution >= 0.6 is 39.1 Å². The third kappa shape index (κ3) is 14.8. The largest absolute Gasteiger partial charge is 0.399 e. The first-order valence-electron chi connectivity index (χ1n) is 22.1.